The summed E-state index contributed by atoms with van der Waals surface area (Å²) in [4.78, 5) is 16.0. The molecule has 0 aliphatic carbocycles. The predicted octanol–water partition coefficient (Wildman–Crippen LogP) is 4.67. The maximum atomic E-state index is 5.49. The SMILES string of the molecule is Cc1ccc(C)c(Nc2nc(N/N=C/c3cccc4ccccc34)nc(N3CCOCC3)n2)c1. The Balaban J connectivity index is 1.43. The zero-order valence-electron chi connectivity index (χ0n) is 19.3. The normalized spacial score (nSPS) is 14.0. The summed E-state index contributed by atoms with van der Waals surface area (Å²) in [7, 11) is 0. The van der Waals surface area contributed by atoms with E-state index in [0.717, 1.165) is 40.9 Å². The van der Waals surface area contributed by atoms with E-state index in [2.05, 4.69) is 85.9 Å². The maximum absolute atomic E-state index is 5.49. The minimum absolute atomic E-state index is 0.376. The van der Waals surface area contributed by atoms with E-state index in [-0.39, 0.29) is 0 Å². The summed E-state index contributed by atoms with van der Waals surface area (Å²) < 4.78 is 5.49. The second-order valence-electron chi connectivity index (χ2n) is 8.26. The summed E-state index contributed by atoms with van der Waals surface area (Å²) in [6.45, 7) is 6.86. The number of morpholine rings is 1. The Morgan fingerprint density at radius 3 is 2.59 bits per heavy atom. The summed E-state index contributed by atoms with van der Waals surface area (Å²) in [5.41, 5.74) is 7.25. The van der Waals surface area contributed by atoms with Crippen LogP contribution in [0.3, 0.4) is 0 Å². The van der Waals surface area contributed by atoms with Gasteiger partial charge in [0.2, 0.25) is 17.8 Å². The van der Waals surface area contributed by atoms with E-state index in [4.69, 9.17) is 4.74 Å². The van der Waals surface area contributed by atoms with Crippen LogP contribution in [-0.2, 0) is 4.74 Å². The number of fused-ring (bicyclic) bond motifs is 1. The van der Waals surface area contributed by atoms with Crippen LogP contribution < -0.4 is 15.6 Å². The van der Waals surface area contributed by atoms with Crippen molar-refractivity contribution >= 4 is 40.5 Å². The van der Waals surface area contributed by atoms with Crippen LogP contribution in [0.5, 0.6) is 0 Å². The number of rotatable bonds is 6. The minimum Gasteiger partial charge on any atom is -0.378 e. The molecular weight excluding hydrogens is 426 g/mol. The Bertz CT molecular complexity index is 1330. The Morgan fingerprint density at radius 1 is 0.912 bits per heavy atom. The van der Waals surface area contributed by atoms with E-state index < -0.39 is 0 Å². The molecule has 0 bridgehead atoms. The van der Waals surface area contributed by atoms with Gasteiger partial charge in [0.1, 0.15) is 0 Å². The number of ether oxygens (including phenoxy) is 1. The van der Waals surface area contributed by atoms with Crippen molar-refractivity contribution in [3.05, 3.63) is 77.4 Å². The van der Waals surface area contributed by atoms with E-state index in [9.17, 15) is 0 Å². The highest BCUT2D eigenvalue weighted by molar-refractivity contribution is 5.99. The van der Waals surface area contributed by atoms with Crippen molar-refractivity contribution < 1.29 is 4.74 Å². The van der Waals surface area contributed by atoms with E-state index in [0.29, 0.717) is 31.1 Å². The van der Waals surface area contributed by atoms with Gasteiger partial charge >= 0.3 is 0 Å². The van der Waals surface area contributed by atoms with Crippen molar-refractivity contribution in [2.24, 2.45) is 5.10 Å². The topological polar surface area (TPSA) is 87.6 Å². The van der Waals surface area contributed by atoms with E-state index in [1.807, 2.05) is 24.3 Å². The fourth-order valence-electron chi connectivity index (χ4n) is 3.89. The van der Waals surface area contributed by atoms with Crippen molar-refractivity contribution in [2.75, 3.05) is 41.9 Å². The second-order valence-corrected chi connectivity index (χ2v) is 8.26. The monoisotopic (exact) mass is 453 g/mol. The van der Waals surface area contributed by atoms with Crippen molar-refractivity contribution in [1.29, 1.82) is 0 Å². The lowest BCUT2D eigenvalue weighted by molar-refractivity contribution is 0.122. The molecular formula is C26H27N7O. The summed E-state index contributed by atoms with van der Waals surface area (Å²) >= 11 is 0. The van der Waals surface area contributed by atoms with Gasteiger partial charge < -0.3 is 15.0 Å². The smallest absolute Gasteiger partial charge is 0.250 e. The Hall–Kier alpha value is -4.04. The highest BCUT2D eigenvalue weighted by Crippen LogP contribution is 2.22. The van der Waals surface area contributed by atoms with Gasteiger partial charge in [-0.15, -0.1) is 0 Å². The molecule has 8 nitrogen and oxygen atoms in total. The van der Waals surface area contributed by atoms with Gasteiger partial charge in [0, 0.05) is 24.3 Å². The fraction of sp³-hybridized carbons (Fsp3) is 0.231. The van der Waals surface area contributed by atoms with Crippen LogP contribution >= 0.6 is 0 Å². The molecule has 4 aromatic rings. The summed E-state index contributed by atoms with van der Waals surface area (Å²) in [6, 6.07) is 20.6. The molecule has 172 valence electrons. The van der Waals surface area contributed by atoms with Gasteiger partial charge in [0.25, 0.3) is 0 Å². The highest BCUT2D eigenvalue weighted by atomic mass is 16.5. The van der Waals surface area contributed by atoms with Gasteiger partial charge in [0.15, 0.2) is 0 Å². The predicted molar refractivity (Wildman–Crippen MR) is 137 cm³/mol. The summed E-state index contributed by atoms with van der Waals surface area (Å²) in [5, 5.41) is 10.1. The number of anilines is 4. The third-order valence-corrected chi connectivity index (χ3v) is 5.75. The Kier molecular flexibility index (Phi) is 6.31. The lowest BCUT2D eigenvalue weighted by Gasteiger charge is -2.27. The minimum atomic E-state index is 0.376. The molecule has 1 aliphatic rings. The summed E-state index contributed by atoms with van der Waals surface area (Å²) in [6.07, 6.45) is 1.79. The van der Waals surface area contributed by atoms with Crippen molar-refractivity contribution in [1.82, 2.24) is 15.0 Å². The number of benzene rings is 3. The first kappa shape index (κ1) is 21.8. The standard InChI is InChI=1S/C26H27N7O/c1-18-10-11-19(2)23(16-18)28-24-29-25(31-26(30-24)33-12-14-34-15-13-33)32-27-17-21-8-5-7-20-6-3-4-9-22(20)21/h3-11,16-17H,12-15H2,1-2H3,(H2,28,29,30,31,32)/b27-17+. The van der Waals surface area contributed by atoms with Crippen LogP contribution in [0.15, 0.2) is 65.8 Å². The van der Waals surface area contributed by atoms with Crippen molar-refractivity contribution in [2.45, 2.75) is 13.8 Å². The van der Waals surface area contributed by atoms with Crippen LogP contribution in [-0.4, -0.2) is 47.5 Å². The quantitative estimate of drug-likeness (QED) is 0.324. The number of hydrazone groups is 1. The van der Waals surface area contributed by atoms with Crippen LogP contribution in [0, 0.1) is 13.8 Å². The van der Waals surface area contributed by atoms with Crippen molar-refractivity contribution in [3.63, 3.8) is 0 Å². The molecule has 8 heteroatoms. The van der Waals surface area contributed by atoms with Gasteiger partial charge in [-0.3, -0.25) is 0 Å². The van der Waals surface area contributed by atoms with Gasteiger partial charge in [0.05, 0.1) is 19.4 Å². The van der Waals surface area contributed by atoms with E-state index in [1.165, 1.54) is 5.39 Å². The van der Waals surface area contributed by atoms with E-state index in [1.54, 1.807) is 6.21 Å². The molecule has 0 saturated carbocycles. The molecule has 0 unspecified atom stereocenters. The fourth-order valence-corrected chi connectivity index (χ4v) is 3.89. The average Bonchev–Trinajstić information content (AvgIpc) is 2.87. The first-order valence-electron chi connectivity index (χ1n) is 11.4. The van der Waals surface area contributed by atoms with Crippen LogP contribution in [0.2, 0.25) is 0 Å². The lowest BCUT2D eigenvalue weighted by Crippen LogP contribution is -2.37. The van der Waals surface area contributed by atoms with Gasteiger partial charge in [-0.05, 0) is 41.8 Å². The third kappa shape index (κ3) is 4.97. The number of aromatic nitrogens is 3. The molecule has 1 aliphatic heterocycles. The first-order valence-corrected chi connectivity index (χ1v) is 11.4. The number of aryl methyl sites for hydroxylation is 2. The van der Waals surface area contributed by atoms with Gasteiger partial charge in [-0.25, -0.2) is 5.43 Å². The van der Waals surface area contributed by atoms with Crippen LogP contribution in [0.4, 0.5) is 23.5 Å². The largest absolute Gasteiger partial charge is 0.378 e. The second kappa shape index (κ2) is 9.84. The average molecular weight is 454 g/mol. The number of nitrogens with one attached hydrogen (secondary N) is 2. The number of hydrogen-bond acceptors (Lipinski definition) is 8. The molecule has 1 fully saturated rings. The molecule has 0 amide bonds. The van der Waals surface area contributed by atoms with Gasteiger partial charge in [-0.1, -0.05) is 54.6 Å². The zero-order chi connectivity index (χ0) is 23.3. The molecule has 34 heavy (non-hydrogen) atoms. The lowest BCUT2D eigenvalue weighted by atomic mass is 10.1. The molecule has 1 saturated heterocycles. The molecule has 5 rings (SSSR count). The van der Waals surface area contributed by atoms with Crippen molar-refractivity contribution in [3.8, 4) is 0 Å². The Morgan fingerprint density at radius 2 is 1.71 bits per heavy atom. The third-order valence-electron chi connectivity index (χ3n) is 5.75. The molecule has 3 aromatic carbocycles. The highest BCUT2D eigenvalue weighted by Gasteiger charge is 2.17. The maximum Gasteiger partial charge on any atom is 0.250 e. The van der Waals surface area contributed by atoms with Crippen LogP contribution in [0.1, 0.15) is 16.7 Å². The Labute approximate surface area is 198 Å². The zero-order valence-corrected chi connectivity index (χ0v) is 19.3. The van der Waals surface area contributed by atoms with Crippen LogP contribution in [0.25, 0.3) is 10.8 Å². The molecule has 0 spiro atoms. The molecule has 2 N–H and O–H groups in total. The molecule has 0 radical (unpaired) electrons. The molecule has 1 aromatic heterocycles. The summed E-state index contributed by atoms with van der Waals surface area (Å²) in [5.74, 6) is 1.43. The first-order chi connectivity index (χ1) is 16.7. The van der Waals surface area contributed by atoms with E-state index >= 15 is 0 Å². The molecule has 2 heterocycles. The van der Waals surface area contributed by atoms with Gasteiger partial charge in [-0.2, -0.15) is 20.1 Å². The number of hydrogen-bond donors (Lipinski definition) is 2. The number of nitrogens with zero attached hydrogens (tertiary/aromatic N) is 5. The molecule has 0 atom stereocenters.